The number of aromatic nitrogens is 5. The molecule has 9 nitrogen and oxygen atoms in total. The van der Waals surface area contributed by atoms with Crippen LogP contribution in [0.3, 0.4) is 0 Å². The van der Waals surface area contributed by atoms with Crippen LogP contribution in [0.1, 0.15) is 35.6 Å². The van der Waals surface area contributed by atoms with E-state index in [9.17, 15) is 4.79 Å². The molecule has 0 spiro atoms. The van der Waals surface area contributed by atoms with E-state index in [-0.39, 0.29) is 11.9 Å². The summed E-state index contributed by atoms with van der Waals surface area (Å²) in [6, 6.07) is 1.75. The van der Waals surface area contributed by atoms with Gasteiger partial charge in [-0.15, -0.1) is 5.10 Å². The largest absolute Gasteiger partial charge is 0.472 e. The van der Waals surface area contributed by atoms with Crippen LogP contribution in [-0.4, -0.2) is 49.0 Å². The van der Waals surface area contributed by atoms with Crippen LogP contribution in [0.15, 0.2) is 33.7 Å². The Morgan fingerprint density at radius 1 is 1.46 bits per heavy atom. The maximum absolute atomic E-state index is 12.3. The minimum Gasteiger partial charge on any atom is -0.472 e. The molecule has 1 aliphatic heterocycles. The topological polar surface area (TPSA) is 103 Å². The number of furan rings is 1. The molecule has 1 fully saturated rings. The van der Waals surface area contributed by atoms with Crippen LogP contribution >= 0.6 is 0 Å². The maximum atomic E-state index is 12.3. The lowest BCUT2D eigenvalue weighted by Gasteiger charge is -2.15. The molecule has 1 amide bonds. The molecule has 4 heterocycles. The molecule has 1 aliphatic rings. The third-order valence-electron chi connectivity index (χ3n) is 4.11. The van der Waals surface area contributed by atoms with Gasteiger partial charge < -0.3 is 13.8 Å². The lowest BCUT2D eigenvalue weighted by Crippen LogP contribution is -2.28. The van der Waals surface area contributed by atoms with Gasteiger partial charge in [0.25, 0.3) is 11.8 Å². The number of carbonyl (C=O) groups is 1. The van der Waals surface area contributed by atoms with E-state index >= 15 is 0 Å². The highest BCUT2D eigenvalue weighted by atomic mass is 16.5. The second-order valence-electron chi connectivity index (χ2n) is 5.66. The fourth-order valence-corrected chi connectivity index (χ4v) is 2.77. The predicted molar refractivity (Wildman–Crippen MR) is 81.0 cm³/mol. The van der Waals surface area contributed by atoms with Gasteiger partial charge in [0.05, 0.1) is 24.1 Å². The van der Waals surface area contributed by atoms with Crippen molar-refractivity contribution >= 4 is 5.91 Å². The Hall–Kier alpha value is -2.97. The van der Waals surface area contributed by atoms with Crippen molar-refractivity contribution in [3.05, 3.63) is 36.2 Å². The van der Waals surface area contributed by atoms with Crippen molar-refractivity contribution in [3.63, 3.8) is 0 Å². The van der Waals surface area contributed by atoms with Gasteiger partial charge in [0.15, 0.2) is 11.5 Å². The number of nitrogens with zero attached hydrogens (tertiary/aromatic N) is 6. The van der Waals surface area contributed by atoms with Gasteiger partial charge in [0, 0.05) is 19.5 Å². The molecule has 0 bridgehead atoms. The zero-order valence-corrected chi connectivity index (χ0v) is 13.1. The Morgan fingerprint density at radius 3 is 3.12 bits per heavy atom. The number of hydrogen-bond acceptors (Lipinski definition) is 7. The van der Waals surface area contributed by atoms with Crippen molar-refractivity contribution in [2.45, 2.75) is 25.8 Å². The molecule has 3 aromatic rings. The molecular weight excluding hydrogens is 312 g/mol. The van der Waals surface area contributed by atoms with Crippen molar-refractivity contribution in [3.8, 4) is 11.6 Å². The zero-order chi connectivity index (χ0) is 16.5. The first-order valence-corrected chi connectivity index (χ1v) is 7.81. The predicted octanol–water partition coefficient (Wildman–Crippen LogP) is 1.57. The summed E-state index contributed by atoms with van der Waals surface area (Å²) in [5.74, 6) is 0.968. The van der Waals surface area contributed by atoms with Crippen LogP contribution in [0.25, 0.3) is 11.6 Å². The Labute approximate surface area is 137 Å². The molecule has 0 saturated carbocycles. The fourth-order valence-electron chi connectivity index (χ4n) is 2.77. The molecule has 1 unspecified atom stereocenters. The van der Waals surface area contributed by atoms with Crippen LogP contribution in [-0.2, 0) is 6.42 Å². The van der Waals surface area contributed by atoms with Crippen molar-refractivity contribution < 1.29 is 13.7 Å². The average Bonchev–Trinajstić information content (AvgIpc) is 3.41. The molecule has 3 aromatic heterocycles. The SMILES string of the molecule is CCc1noc(-c2cn(C3CCN(C(=O)c4ccoc4)C3)nn2)n1. The Bertz CT molecular complexity index is 837. The quantitative estimate of drug-likeness (QED) is 0.716. The summed E-state index contributed by atoms with van der Waals surface area (Å²) in [7, 11) is 0. The summed E-state index contributed by atoms with van der Waals surface area (Å²) in [6.45, 7) is 3.21. The molecule has 124 valence electrons. The van der Waals surface area contributed by atoms with E-state index in [4.69, 9.17) is 8.94 Å². The Balaban J connectivity index is 1.47. The smallest absolute Gasteiger partial charge is 0.280 e. The van der Waals surface area contributed by atoms with Crippen LogP contribution in [0, 0.1) is 0 Å². The van der Waals surface area contributed by atoms with Crippen LogP contribution < -0.4 is 0 Å². The number of likely N-dealkylation sites (tertiary alicyclic amines) is 1. The first-order valence-electron chi connectivity index (χ1n) is 7.81. The molecule has 24 heavy (non-hydrogen) atoms. The second-order valence-corrected chi connectivity index (χ2v) is 5.66. The van der Waals surface area contributed by atoms with Crippen molar-refractivity contribution in [1.82, 2.24) is 30.0 Å². The molecule has 0 N–H and O–H groups in total. The van der Waals surface area contributed by atoms with Gasteiger partial charge >= 0.3 is 0 Å². The van der Waals surface area contributed by atoms with Gasteiger partial charge in [-0.1, -0.05) is 17.3 Å². The number of aryl methyl sites for hydroxylation is 1. The van der Waals surface area contributed by atoms with Gasteiger partial charge in [-0.3, -0.25) is 4.79 Å². The fraction of sp³-hybridized carbons (Fsp3) is 0.400. The van der Waals surface area contributed by atoms with E-state index in [2.05, 4.69) is 20.5 Å². The first-order chi connectivity index (χ1) is 11.7. The normalized spacial score (nSPS) is 17.5. The van der Waals surface area contributed by atoms with Crippen molar-refractivity contribution in [2.75, 3.05) is 13.1 Å². The molecule has 0 aliphatic carbocycles. The Kier molecular flexibility index (Phi) is 3.60. The van der Waals surface area contributed by atoms with Crippen molar-refractivity contribution in [2.24, 2.45) is 0 Å². The summed E-state index contributed by atoms with van der Waals surface area (Å²) in [6.07, 6.45) is 6.26. The third-order valence-corrected chi connectivity index (χ3v) is 4.11. The van der Waals surface area contributed by atoms with Crippen LogP contribution in [0.4, 0.5) is 0 Å². The van der Waals surface area contributed by atoms with E-state index in [1.54, 1.807) is 21.8 Å². The lowest BCUT2D eigenvalue weighted by atomic mass is 10.3. The van der Waals surface area contributed by atoms with Gasteiger partial charge in [0.2, 0.25) is 0 Å². The van der Waals surface area contributed by atoms with E-state index in [0.29, 0.717) is 42.5 Å². The molecule has 4 rings (SSSR count). The average molecular weight is 328 g/mol. The molecule has 9 heteroatoms. The van der Waals surface area contributed by atoms with Gasteiger partial charge in [0.1, 0.15) is 6.26 Å². The highest BCUT2D eigenvalue weighted by Gasteiger charge is 2.29. The first kappa shape index (κ1) is 14.6. The lowest BCUT2D eigenvalue weighted by molar-refractivity contribution is 0.0786. The standard InChI is InChI=1S/C15H16N6O3/c1-2-13-16-14(24-18-13)12-8-21(19-17-12)11-3-5-20(7-11)15(22)10-4-6-23-9-10/h4,6,8-9,11H,2-3,5,7H2,1H3. The highest BCUT2D eigenvalue weighted by molar-refractivity contribution is 5.94. The Morgan fingerprint density at radius 2 is 2.38 bits per heavy atom. The number of amides is 1. The van der Waals surface area contributed by atoms with E-state index < -0.39 is 0 Å². The summed E-state index contributed by atoms with van der Waals surface area (Å²) >= 11 is 0. The molecule has 1 atom stereocenters. The number of hydrogen-bond donors (Lipinski definition) is 0. The van der Waals surface area contributed by atoms with E-state index in [0.717, 1.165) is 6.42 Å². The monoisotopic (exact) mass is 328 g/mol. The zero-order valence-electron chi connectivity index (χ0n) is 13.1. The highest BCUT2D eigenvalue weighted by Crippen LogP contribution is 2.24. The maximum Gasteiger partial charge on any atom is 0.280 e. The summed E-state index contributed by atoms with van der Waals surface area (Å²) < 4.78 is 11.9. The summed E-state index contributed by atoms with van der Waals surface area (Å²) in [5.41, 5.74) is 1.11. The van der Waals surface area contributed by atoms with E-state index in [1.165, 1.54) is 12.5 Å². The molecule has 0 aromatic carbocycles. The minimum absolute atomic E-state index is 0.0314. The third kappa shape index (κ3) is 2.57. The van der Waals surface area contributed by atoms with Crippen LogP contribution in [0.2, 0.25) is 0 Å². The van der Waals surface area contributed by atoms with Gasteiger partial charge in [-0.2, -0.15) is 4.98 Å². The summed E-state index contributed by atoms with van der Waals surface area (Å²) in [4.78, 5) is 18.4. The minimum atomic E-state index is -0.0314. The van der Waals surface area contributed by atoms with Gasteiger partial charge in [-0.25, -0.2) is 4.68 Å². The number of rotatable bonds is 4. The van der Waals surface area contributed by atoms with E-state index in [1.807, 2.05) is 6.92 Å². The number of carbonyl (C=O) groups excluding carboxylic acids is 1. The molecular formula is C15H16N6O3. The second kappa shape index (κ2) is 5.91. The van der Waals surface area contributed by atoms with Crippen molar-refractivity contribution in [1.29, 1.82) is 0 Å². The molecule has 0 radical (unpaired) electrons. The molecule has 1 saturated heterocycles. The summed E-state index contributed by atoms with van der Waals surface area (Å²) in [5, 5.41) is 12.1. The van der Waals surface area contributed by atoms with Crippen LogP contribution in [0.5, 0.6) is 0 Å². The van der Waals surface area contributed by atoms with Gasteiger partial charge in [-0.05, 0) is 12.5 Å².